The largest absolute Gasteiger partial charge is 0.460 e. The van der Waals surface area contributed by atoms with Gasteiger partial charge in [0.2, 0.25) is 0 Å². The molecular weight excluding hydrogens is 268 g/mol. The highest BCUT2D eigenvalue weighted by molar-refractivity contribution is 6.00. The highest BCUT2D eigenvalue weighted by Crippen LogP contribution is 2.19. The first-order chi connectivity index (χ1) is 9.61. The topological polar surface area (TPSA) is 52.6 Å². The number of carbonyl (C=O) groups excluding carboxylic acids is 2. The van der Waals surface area contributed by atoms with Gasteiger partial charge in [0.15, 0.2) is 5.78 Å². The second-order valence-electron chi connectivity index (χ2n) is 4.46. The van der Waals surface area contributed by atoms with Crippen LogP contribution in [0.5, 0.6) is 0 Å². The number of Topliss-reactive ketones (excluding diaryl/α,β-unsaturated/α-hetero) is 1. The van der Waals surface area contributed by atoms with Gasteiger partial charge in [-0.05, 0) is 35.9 Å². The molecule has 0 saturated carbocycles. The molecule has 0 aliphatic rings. The van der Waals surface area contributed by atoms with Gasteiger partial charge in [-0.1, -0.05) is 25.6 Å². The molecule has 0 bridgehead atoms. The maximum Gasteiger partial charge on any atom is 0.338 e. The molecule has 4 nitrogen and oxygen atoms in total. The van der Waals surface area contributed by atoms with E-state index >= 15 is 0 Å². The molecule has 2 aromatic rings. The number of methoxy groups -OCH3 is 1. The van der Waals surface area contributed by atoms with Crippen molar-refractivity contribution in [3.63, 3.8) is 0 Å². The van der Waals surface area contributed by atoms with Crippen molar-refractivity contribution in [2.75, 3.05) is 20.3 Å². The minimum absolute atomic E-state index is 0. The minimum Gasteiger partial charge on any atom is -0.460 e. The predicted octanol–water partition coefficient (Wildman–Crippen LogP) is 3.48. The third-order valence-electron chi connectivity index (χ3n) is 3.00. The quantitative estimate of drug-likeness (QED) is 0.480. The smallest absolute Gasteiger partial charge is 0.338 e. The normalized spacial score (nSPS) is 10.0. The highest BCUT2D eigenvalue weighted by Gasteiger charge is 2.08. The molecule has 4 heteroatoms. The van der Waals surface area contributed by atoms with Crippen LogP contribution in [0.1, 0.15) is 35.1 Å². The minimum atomic E-state index is -0.375. The van der Waals surface area contributed by atoms with E-state index in [1.165, 1.54) is 6.92 Å². The number of hydrogen-bond acceptors (Lipinski definition) is 4. The Labute approximate surface area is 124 Å². The molecule has 0 aliphatic heterocycles. The molecule has 0 aliphatic carbocycles. The molecule has 0 spiro atoms. The Balaban J connectivity index is 0.00000220. The average molecular weight is 288 g/mol. The van der Waals surface area contributed by atoms with Crippen molar-refractivity contribution >= 4 is 22.5 Å². The third kappa shape index (κ3) is 4.13. The predicted molar refractivity (Wildman–Crippen MR) is 82.8 cm³/mol. The first-order valence-electron chi connectivity index (χ1n) is 6.32. The summed E-state index contributed by atoms with van der Waals surface area (Å²) in [7, 11) is 1.55. The molecule has 2 rings (SSSR count). The summed E-state index contributed by atoms with van der Waals surface area (Å²) >= 11 is 0. The number of fused-ring (bicyclic) bond motifs is 1. The molecule has 0 atom stereocenters. The average Bonchev–Trinajstić information content (AvgIpc) is 2.46. The second-order valence-corrected chi connectivity index (χ2v) is 4.46. The van der Waals surface area contributed by atoms with Crippen molar-refractivity contribution in [2.24, 2.45) is 0 Å². The zero-order valence-corrected chi connectivity index (χ0v) is 11.5. The van der Waals surface area contributed by atoms with Crippen molar-refractivity contribution in [2.45, 2.75) is 14.4 Å². The lowest BCUT2D eigenvalue weighted by atomic mass is 10.0. The van der Waals surface area contributed by atoms with Gasteiger partial charge in [0.05, 0.1) is 12.2 Å². The Bertz CT molecular complexity index is 646. The number of benzene rings is 2. The number of hydrogen-bond donors (Lipinski definition) is 0. The molecule has 21 heavy (non-hydrogen) atoms. The lowest BCUT2D eigenvalue weighted by molar-refractivity contribution is 0.0388. The van der Waals surface area contributed by atoms with E-state index in [0.29, 0.717) is 17.7 Å². The van der Waals surface area contributed by atoms with Gasteiger partial charge in [0.25, 0.3) is 0 Å². The van der Waals surface area contributed by atoms with E-state index in [2.05, 4.69) is 0 Å². The van der Waals surface area contributed by atoms with Crippen LogP contribution in [0.2, 0.25) is 0 Å². The van der Waals surface area contributed by atoms with Crippen molar-refractivity contribution in [1.29, 1.82) is 0 Å². The standard InChI is InChI=1S/C16H16O4.CH4/c1-11(17)12-3-4-14-10-15(6-5-13(14)9-12)16(18)20-8-7-19-2;/h3-6,9-10H,7-8H2,1-2H3;1H4. The summed E-state index contributed by atoms with van der Waals surface area (Å²) in [5.41, 5.74) is 1.15. The van der Waals surface area contributed by atoms with E-state index in [0.717, 1.165) is 10.8 Å². The first-order valence-corrected chi connectivity index (χ1v) is 6.32. The number of ketones is 1. The molecule has 0 unspecified atom stereocenters. The fraction of sp³-hybridized carbons (Fsp3) is 0.294. The molecule has 0 amide bonds. The van der Waals surface area contributed by atoms with Crippen LogP contribution in [0, 0.1) is 0 Å². The Kier molecular flexibility index (Phi) is 6.06. The lowest BCUT2D eigenvalue weighted by Crippen LogP contribution is -2.09. The maximum absolute atomic E-state index is 11.8. The van der Waals surface area contributed by atoms with Crippen LogP contribution in [-0.4, -0.2) is 32.1 Å². The van der Waals surface area contributed by atoms with Crippen LogP contribution < -0.4 is 0 Å². The van der Waals surface area contributed by atoms with Crippen LogP contribution in [0.15, 0.2) is 36.4 Å². The molecular formula is C17H20O4. The van der Waals surface area contributed by atoms with E-state index in [4.69, 9.17) is 9.47 Å². The molecule has 2 aromatic carbocycles. The molecule has 0 heterocycles. The first kappa shape index (κ1) is 16.9. The number of ether oxygens (including phenoxy) is 2. The molecule has 0 radical (unpaired) electrons. The fourth-order valence-corrected chi connectivity index (χ4v) is 1.89. The number of esters is 1. The van der Waals surface area contributed by atoms with Gasteiger partial charge in [-0.25, -0.2) is 4.79 Å². The van der Waals surface area contributed by atoms with E-state index in [1.54, 1.807) is 25.3 Å². The van der Waals surface area contributed by atoms with E-state index in [-0.39, 0.29) is 25.8 Å². The van der Waals surface area contributed by atoms with E-state index < -0.39 is 0 Å². The summed E-state index contributed by atoms with van der Waals surface area (Å²) < 4.78 is 9.89. The Morgan fingerprint density at radius 3 is 2.10 bits per heavy atom. The molecule has 0 fully saturated rings. The molecule has 0 saturated heterocycles. The van der Waals surface area contributed by atoms with Crippen molar-refractivity contribution in [3.05, 3.63) is 47.5 Å². The highest BCUT2D eigenvalue weighted by atomic mass is 16.6. The van der Waals surface area contributed by atoms with Gasteiger partial charge in [-0.2, -0.15) is 0 Å². The summed E-state index contributed by atoms with van der Waals surface area (Å²) in [6.07, 6.45) is 0. The SMILES string of the molecule is C.COCCOC(=O)c1ccc2cc(C(C)=O)ccc2c1. The second kappa shape index (κ2) is 7.55. The number of rotatable bonds is 5. The molecule has 112 valence electrons. The van der Waals surface area contributed by atoms with Crippen molar-refractivity contribution < 1.29 is 19.1 Å². The van der Waals surface area contributed by atoms with Crippen LogP contribution >= 0.6 is 0 Å². The zero-order valence-electron chi connectivity index (χ0n) is 11.5. The summed E-state index contributed by atoms with van der Waals surface area (Å²) in [5, 5.41) is 1.82. The van der Waals surface area contributed by atoms with E-state index in [9.17, 15) is 9.59 Å². The van der Waals surface area contributed by atoms with Crippen LogP contribution in [0.25, 0.3) is 10.8 Å². The van der Waals surface area contributed by atoms with Crippen molar-refractivity contribution in [3.8, 4) is 0 Å². The lowest BCUT2D eigenvalue weighted by Gasteiger charge is -2.06. The summed E-state index contributed by atoms with van der Waals surface area (Å²) in [4.78, 5) is 23.1. The molecule has 0 N–H and O–H groups in total. The third-order valence-corrected chi connectivity index (χ3v) is 3.00. The van der Waals surface area contributed by atoms with Gasteiger partial charge >= 0.3 is 5.97 Å². The zero-order chi connectivity index (χ0) is 14.5. The monoisotopic (exact) mass is 288 g/mol. The summed E-state index contributed by atoms with van der Waals surface area (Å²) in [6, 6.07) is 10.7. The summed E-state index contributed by atoms with van der Waals surface area (Å²) in [5.74, 6) is -0.352. The summed E-state index contributed by atoms with van der Waals surface area (Å²) in [6.45, 7) is 2.14. The van der Waals surface area contributed by atoms with Crippen molar-refractivity contribution in [1.82, 2.24) is 0 Å². The number of carbonyl (C=O) groups is 2. The van der Waals surface area contributed by atoms with E-state index in [1.807, 2.05) is 18.2 Å². The van der Waals surface area contributed by atoms with Crippen LogP contribution in [-0.2, 0) is 9.47 Å². The fourth-order valence-electron chi connectivity index (χ4n) is 1.89. The Morgan fingerprint density at radius 1 is 0.952 bits per heavy atom. The van der Waals surface area contributed by atoms with Gasteiger partial charge in [-0.15, -0.1) is 0 Å². The maximum atomic E-state index is 11.8. The molecule has 0 aromatic heterocycles. The van der Waals surface area contributed by atoms with Crippen LogP contribution in [0.3, 0.4) is 0 Å². The van der Waals surface area contributed by atoms with Gasteiger partial charge in [0, 0.05) is 12.7 Å². The Morgan fingerprint density at radius 2 is 1.52 bits per heavy atom. The van der Waals surface area contributed by atoms with Gasteiger partial charge in [-0.3, -0.25) is 4.79 Å². The van der Waals surface area contributed by atoms with Crippen LogP contribution in [0.4, 0.5) is 0 Å². The Hall–Kier alpha value is -2.20. The van der Waals surface area contributed by atoms with Gasteiger partial charge in [0.1, 0.15) is 6.61 Å². The van der Waals surface area contributed by atoms with Gasteiger partial charge < -0.3 is 9.47 Å².